The van der Waals surface area contributed by atoms with Gasteiger partial charge in [-0.25, -0.2) is 9.98 Å². The van der Waals surface area contributed by atoms with Crippen molar-refractivity contribution in [3.8, 4) is 46.0 Å². The maximum atomic E-state index is 11.2. The fourth-order valence-electron chi connectivity index (χ4n) is 10.2. The molecule has 6 aromatic carbocycles. The molecule has 0 unspecified atom stereocenters. The van der Waals surface area contributed by atoms with Gasteiger partial charge in [-0.3, -0.25) is 0 Å². The second-order valence-corrected chi connectivity index (χ2v) is 25.4. The molecule has 0 heterocycles. The van der Waals surface area contributed by atoms with Crippen molar-refractivity contribution in [2.24, 2.45) is 9.98 Å². The largest absolute Gasteiger partial charge is 2.00 e. The Balaban J connectivity index is 0.000000273. The number of phenols is 2. The predicted octanol–water partition coefficient (Wildman–Crippen LogP) is 15.9. The van der Waals surface area contributed by atoms with Gasteiger partial charge in [0.15, 0.2) is 23.0 Å². The van der Waals surface area contributed by atoms with Crippen molar-refractivity contribution in [2.45, 2.75) is 186 Å². The molecular formula is C70H90N2NiO12. The molecule has 0 saturated heterocycles. The first-order valence-corrected chi connectivity index (χ1v) is 29.3. The summed E-state index contributed by atoms with van der Waals surface area (Å²) in [6.07, 6.45) is -0.392. The van der Waals surface area contributed by atoms with E-state index in [1.165, 1.54) is 33.0 Å². The van der Waals surface area contributed by atoms with Crippen LogP contribution >= 0.6 is 0 Å². The van der Waals surface area contributed by atoms with Crippen molar-refractivity contribution in [1.82, 2.24) is 0 Å². The molecule has 2 N–H and O–H groups in total. The molecule has 0 fully saturated rings. The SMILES string of the molecule is CCCOc1c(OCCC)c(C(C)(C)C)c(OC(=O)[O-])c(O)c1C(C)(C)C.CCCOc1c(OCCC)c(C(C)(C)C)c(OC(=O)[O-])c(O)c1C(C)(C)C.Cc1cccc(C)c1N=C1C(=Nc2c(C)cccc2C)c2cccc3cccc1c23.[Ni+2]. The van der Waals surface area contributed by atoms with Crippen LogP contribution < -0.4 is 38.6 Å². The van der Waals surface area contributed by atoms with Crippen LogP contribution in [0, 0.1) is 27.7 Å². The third-order valence-electron chi connectivity index (χ3n) is 13.8. The first kappa shape index (κ1) is 70.2. The zero-order valence-corrected chi connectivity index (χ0v) is 54.8. The number of carbonyl (C=O) groups excluding carboxylic acids is 2. The molecule has 1 aliphatic rings. The molecule has 0 aromatic heterocycles. The summed E-state index contributed by atoms with van der Waals surface area (Å²) in [5.74, 6) is 0.883. The number of aliphatic imine (C=N–C) groups is 2. The van der Waals surface area contributed by atoms with E-state index in [4.69, 9.17) is 38.4 Å². The van der Waals surface area contributed by atoms with E-state index in [0.717, 1.165) is 59.6 Å². The van der Waals surface area contributed by atoms with E-state index in [2.05, 4.69) is 100 Å². The number of para-hydroxylation sites is 2. The van der Waals surface area contributed by atoms with Crippen LogP contribution in [0.4, 0.5) is 21.0 Å². The number of ether oxygens (including phenoxy) is 6. The van der Waals surface area contributed by atoms with Crippen LogP contribution in [0.5, 0.6) is 46.0 Å². The molecule has 1 aliphatic carbocycles. The van der Waals surface area contributed by atoms with Crippen molar-refractivity contribution in [2.75, 3.05) is 26.4 Å². The maximum Gasteiger partial charge on any atom is 2.00 e. The minimum atomic E-state index is -1.74. The Morgan fingerprint density at radius 3 is 0.929 bits per heavy atom. The Bertz CT molecular complexity index is 3150. The van der Waals surface area contributed by atoms with Crippen LogP contribution in [-0.2, 0) is 38.2 Å². The van der Waals surface area contributed by atoms with E-state index in [0.29, 0.717) is 71.7 Å². The molecule has 0 spiro atoms. The molecule has 7 rings (SSSR count). The Labute approximate surface area is 515 Å². The number of carboxylic acid groups (broad SMARTS) is 2. The van der Waals surface area contributed by atoms with Crippen molar-refractivity contribution in [1.29, 1.82) is 0 Å². The molecule has 6 aromatic rings. The normalized spacial score (nSPS) is 13.1. The van der Waals surface area contributed by atoms with Crippen LogP contribution in [0.15, 0.2) is 82.8 Å². The van der Waals surface area contributed by atoms with Crippen LogP contribution in [0.2, 0.25) is 0 Å². The summed E-state index contributed by atoms with van der Waals surface area (Å²) in [5.41, 5.74) is 10.6. The number of phenolic OH excluding ortho intramolecular Hbond substituents is 2. The van der Waals surface area contributed by atoms with Gasteiger partial charge in [-0.15, -0.1) is 0 Å². The summed E-state index contributed by atoms with van der Waals surface area (Å²) < 4.78 is 34.0. The number of carbonyl (C=O) groups is 2. The molecule has 0 saturated carbocycles. The van der Waals surface area contributed by atoms with Gasteiger partial charge in [-0.05, 0) is 103 Å². The van der Waals surface area contributed by atoms with Crippen LogP contribution in [0.3, 0.4) is 0 Å². The van der Waals surface area contributed by atoms with E-state index in [9.17, 15) is 30.0 Å². The zero-order chi connectivity index (χ0) is 62.8. The number of benzene rings is 6. The summed E-state index contributed by atoms with van der Waals surface area (Å²) in [5, 5.41) is 46.9. The molecule has 0 amide bonds. The van der Waals surface area contributed by atoms with Gasteiger partial charge in [0, 0.05) is 38.8 Å². The number of hydrogen-bond acceptors (Lipinski definition) is 14. The quantitative estimate of drug-likeness (QED) is 0.0528. The zero-order valence-electron chi connectivity index (χ0n) is 53.8. The van der Waals surface area contributed by atoms with Gasteiger partial charge in [0.2, 0.25) is 0 Å². The molecule has 15 heteroatoms. The second kappa shape index (κ2) is 29.2. The topological polar surface area (TPSA) is 201 Å². The monoisotopic (exact) mass is 1210 g/mol. The Hall–Kier alpha value is -7.25. The molecule has 462 valence electrons. The molecule has 14 nitrogen and oxygen atoms in total. The van der Waals surface area contributed by atoms with Crippen molar-refractivity contribution in [3.63, 3.8) is 0 Å². The maximum absolute atomic E-state index is 11.2. The fraction of sp³-hybridized carbons (Fsp3) is 0.457. The van der Waals surface area contributed by atoms with Crippen LogP contribution in [-0.4, -0.2) is 60.4 Å². The van der Waals surface area contributed by atoms with Crippen molar-refractivity contribution < 1.29 is 74.9 Å². The van der Waals surface area contributed by atoms with Crippen LogP contribution in [0.25, 0.3) is 10.8 Å². The minimum absolute atomic E-state index is 0. The fourth-order valence-corrected chi connectivity index (χ4v) is 10.2. The average molecular weight is 1210 g/mol. The Morgan fingerprint density at radius 2 is 0.682 bits per heavy atom. The number of aryl methyl sites for hydroxylation is 4. The molecule has 0 aliphatic heterocycles. The first-order chi connectivity index (χ1) is 39.3. The van der Waals surface area contributed by atoms with E-state index in [-0.39, 0.29) is 39.5 Å². The smallest absolute Gasteiger partial charge is 0.510 e. The van der Waals surface area contributed by atoms with E-state index in [1.54, 1.807) is 0 Å². The number of nitrogens with zero attached hydrogens (tertiary/aromatic N) is 2. The van der Waals surface area contributed by atoms with Gasteiger partial charge in [0.25, 0.3) is 12.3 Å². The number of hydrogen-bond donors (Lipinski definition) is 2. The Morgan fingerprint density at radius 1 is 0.424 bits per heavy atom. The second-order valence-electron chi connectivity index (χ2n) is 25.4. The summed E-state index contributed by atoms with van der Waals surface area (Å²) in [6.45, 7) is 40.9. The predicted molar refractivity (Wildman–Crippen MR) is 334 cm³/mol. The number of rotatable bonds is 16. The van der Waals surface area contributed by atoms with E-state index < -0.39 is 34.0 Å². The molecule has 0 bridgehead atoms. The summed E-state index contributed by atoms with van der Waals surface area (Å²) in [7, 11) is 0. The number of aromatic hydroxyl groups is 2. The third kappa shape index (κ3) is 16.6. The third-order valence-corrected chi connectivity index (χ3v) is 13.8. The van der Waals surface area contributed by atoms with E-state index >= 15 is 0 Å². The summed E-state index contributed by atoms with van der Waals surface area (Å²) in [6, 6.07) is 25.6. The molecule has 0 radical (unpaired) electrons. The summed E-state index contributed by atoms with van der Waals surface area (Å²) in [4.78, 5) is 32.9. The van der Waals surface area contributed by atoms with E-state index in [1.807, 2.05) is 111 Å². The Kier molecular flexibility index (Phi) is 24.2. The average Bonchev–Trinajstić information content (AvgIpc) is 3.65. The first-order valence-electron chi connectivity index (χ1n) is 29.3. The van der Waals surface area contributed by atoms with Crippen LogP contribution in [0.1, 0.15) is 192 Å². The van der Waals surface area contributed by atoms with Gasteiger partial charge in [-0.2, -0.15) is 0 Å². The molecular weight excluding hydrogens is 1120 g/mol. The van der Waals surface area contributed by atoms with Gasteiger partial charge in [-0.1, -0.05) is 184 Å². The summed E-state index contributed by atoms with van der Waals surface area (Å²) >= 11 is 0. The van der Waals surface area contributed by atoms with Gasteiger partial charge < -0.3 is 58.4 Å². The van der Waals surface area contributed by atoms with Crippen molar-refractivity contribution in [3.05, 3.63) is 128 Å². The van der Waals surface area contributed by atoms with Gasteiger partial charge in [0.1, 0.15) is 23.0 Å². The van der Waals surface area contributed by atoms with Gasteiger partial charge in [0.05, 0.1) is 49.2 Å². The minimum Gasteiger partial charge on any atom is -0.510 e. The standard InChI is InChI=1S/C28H24N2.2C21H34O6.Ni/c1-17-9-5-10-18(2)25(17)29-27-22-15-7-13-21-14-8-16-23(24(21)22)28(27)30-26-19(3)11-6-12-20(26)4;2*1-9-11-25-17-13(20(3,4)5)15(22)16(27-19(23)24)14(21(6,7)8)18(17)26-12-10-2;/h5-16H,1-4H3;2*22H,9-12H2,1-8H3,(H,23,24);/q;;;+2/p-2. The molecule has 85 heavy (non-hydrogen) atoms. The molecule has 0 atom stereocenters. The van der Waals surface area contributed by atoms with Crippen molar-refractivity contribution >= 4 is 45.9 Å². The van der Waals surface area contributed by atoms with Gasteiger partial charge >= 0.3 is 16.5 Å².